The van der Waals surface area contributed by atoms with Gasteiger partial charge in [0.2, 0.25) is 0 Å². The maximum Gasteiger partial charge on any atom is 0.0238 e. The molecule has 0 saturated heterocycles. The molecule has 0 aromatic rings. The van der Waals surface area contributed by atoms with E-state index in [0.717, 1.165) is 0 Å². The summed E-state index contributed by atoms with van der Waals surface area (Å²) in [6, 6.07) is 1.38. The van der Waals surface area contributed by atoms with Crippen LogP contribution in [-0.4, -0.2) is 26.2 Å². The van der Waals surface area contributed by atoms with Crippen LogP contribution in [0, 0.1) is 0 Å². The summed E-state index contributed by atoms with van der Waals surface area (Å²) < 4.78 is 0. The molecular weight excluding hydrogens is 106 g/mol. The summed E-state index contributed by atoms with van der Waals surface area (Å²) >= 11 is 0. The van der Waals surface area contributed by atoms with E-state index in [-0.39, 0.29) is 0 Å². The minimum atomic E-state index is 0.572. The largest absolute Gasteiger partial charge is 0.331 e. The van der Waals surface area contributed by atoms with Crippen LogP contribution in [0.25, 0.3) is 0 Å². The van der Waals surface area contributed by atoms with Crippen molar-refractivity contribution in [3.63, 3.8) is 0 Å². The molecule has 6 heavy (non-hydrogen) atoms. The van der Waals surface area contributed by atoms with Crippen LogP contribution in [0.3, 0.4) is 0 Å². The second kappa shape index (κ2) is 3.58. The smallest absolute Gasteiger partial charge is 0.0238 e. The first-order chi connectivity index (χ1) is 2.77. The van der Waals surface area contributed by atoms with Crippen molar-refractivity contribution in [2.75, 3.05) is 0 Å². The average Bonchev–Trinajstić information content (AvgIpc) is 1.35. The maximum atomic E-state index is 5.49. The highest BCUT2D eigenvalue weighted by Crippen LogP contribution is 1.83. The van der Waals surface area contributed by atoms with Crippen LogP contribution in [0.5, 0.6) is 0 Å². The van der Waals surface area contributed by atoms with Gasteiger partial charge in [0.05, 0.1) is 0 Å². The molecule has 0 fully saturated rings. The lowest BCUT2D eigenvalue weighted by Gasteiger charge is -1.96. The first-order valence-corrected chi connectivity index (χ1v) is 5.09. The van der Waals surface area contributed by atoms with Crippen LogP contribution in [0.4, 0.5) is 0 Å². The molecule has 38 valence electrons. The molecule has 2 N–H and O–H groups in total. The fourth-order valence-electron chi connectivity index (χ4n) is 0.455. The Kier molecular flexibility index (Phi) is 3.81. The van der Waals surface area contributed by atoms with E-state index in [0.29, 0.717) is 5.67 Å². The highest BCUT2D eigenvalue weighted by molar-refractivity contribution is 6.13. The Bertz CT molecular complexity index is 30.0. The molecule has 0 radical (unpaired) electrons. The molecule has 0 heterocycles. The second-order valence-electron chi connectivity index (χ2n) is 1.77. The predicted molar refractivity (Wildman–Crippen MR) is 37.3 cm³/mol. The molecule has 1 atom stereocenters. The third kappa shape index (κ3) is 4.39. The van der Waals surface area contributed by atoms with Gasteiger partial charge in [0.1, 0.15) is 0 Å². The number of nitrogens with two attached hydrogens (primary N) is 1. The third-order valence-electron chi connectivity index (χ3n) is 0.744. The van der Waals surface area contributed by atoms with Crippen LogP contribution in [0.1, 0.15) is 6.42 Å². The fourth-order valence-corrected chi connectivity index (χ4v) is 3.10. The highest BCUT2D eigenvalue weighted by Gasteiger charge is 1.85. The molecular formula is C3H13NSi2. The van der Waals surface area contributed by atoms with Crippen LogP contribution < -0.4 is 5.73 Å². The van der Waals surface area contributed by atoms with Gasteiger partial charge in [-0.25, -0.2) is 0 Å². The maximum absolute atomic E-state index is 5.49. The van der Waals surface area contributed by atoms with E-state index in [9.17, 15) is 0 Å². The van der Waals surface area contributed by atoms with E-state index < -0.39 is 0 Å². The second-order valence-corrected chi connectivity index (χ2v) is 4.25. The van der Waals surface area contributed by atoms with E-state index in [2.05, 4.69) is 0 Å². The normalized spacial score (nSPS) is 15.5. The lowest BCUT2D eigenvalue weighted by atomic mass is 10.5. The first-order valence-electron chi connectivity index (χ1n) is 2.53. The van der Waals surface area contributed by atoms with E-state index in [1.165, 1.54) is 32.9 Å². The highest BCUT2D eigenvalue weighted by atomic mass is 28.1. The van der Waals surface area contributed by atoms with Gasteiger partial charge in [0.15, 0.2) is 0 Å². The summed E-state index contributed by atoms with van der Waals surface area (Å²) in [6.45, 7) is 0. The summed E-state index contributed by atoms with van der Waals surface area (Å²) in [5.74, 6) is 0. The number of hydrogen-bond acceptors (Lipinski definition) is 1. The molecule has 0 aliphatic carbocycles. The van der Waals surface area contributed by atoms with Crippen molar-refractivity contribution in [1.29, 1.82) is 0 Å². The molecule has 0 aliphatic heterocycles. The van der Waals surface area contributed by atoms with Gasteiger partial charge in [-0.15, -0.1) is 0 Å². The van der Waals surface area contributed by atoms with Gasteiger partial charge in [0.25, 0.3) is 0 Å². The van der Waals surface area contributed by atoms with Crippen molar-refractivity contribution in [3.05, 3.63) is 0 Å². The van der Waals surface area contributed by atoms with Crippen LogP contribution in [0.15, 0.2) is 0 Å². The summed E-state index contributed by atoms with van der Waals surface area (Å²) in [5, 5.41) is 0. The molecule has 0 aliphatic rings. The molecule has 1 unspecified atom stereocenters. The van der Waals surface area contributed by atoms with Crippen LogP contribution in [-0.2, 0) is 0 Å². The van der Waals surface area contributed by atoms with Crippen molar-refractivity contribution < 1.29 is 0 Å². The zero-order chi connectivity index (χ0) is 4.99. The molecule has 3 heteroatoms. The summed E-state index contributed by atoms with van der Waals surface area (Å²) in [5.41, 5.74) is 6.06. The minimum absolute atomic E-state index is 0.572. The molecule has 0 spiro atoms. The van der Waals surface area contributed by atoms with E-state index >= 15 is 0 Å². The van der Waals surface area contributed by atoms with Gasteiger partial charge >= 0.3 is 0 Å². The molecule has 0 bridgehead atoms. The zero-order valence-corrected chi connectivity index (χ0v) is 8.57. The Balaban J connectivity index is 2.63. The molecule has 0 amide bonds. The minimum Gasteiger partial charge on any atom is -0.331 e. The summed E-state index contributed by atoms with van der Waals surface area (Å²) in [6.07, 6.45) is 1.28. The predicted octanol–water partition coefficient (Wildman–Crippen LogP) is -2.19. The Morgan fingerprint density at radius 3 is 2.17 bits per heavy atom. The van der Waals surface area contributed by atoms with Crippen molar-refractivity contribution in [3.8, 4) is 0 Å². The third-order valence-corrected chi connectivity index (χ3v) is 1.90. The van der Waals surface area contributed by atoms with Crippen molar-refractivity contribution in [2.45, 2.75) is 18.1 Å². The van der Waals surface area contributed by atoms with Crippen LogP contribution >= 0.6 is 0 Å². The Hall–Kier alpha value is 0.394. The van der Waals surface area contributed by atoms with Crippen molar-refractivity contribution in [1.82, 2.24) is 0 Å². The van der Waals surface area contributed by atoms with Crippen molar-refractivity contribution in [2.24, 2.45) is 5.73 Å². The first kappa shape index (κ1) is 6.39. The van der Waals surface area contributed by atoms with Gasteiger partial charge < -0.3 is 5.73 Å². The lowest BCUT2D eigenvalue weighted by molar-refractivity contribution is 0.854. The Labute approximate surface area is 45.2 Å². The van der Waals surface area contributed by atoms with E-state index in [1.54, 1.807) is 0 Å². The Morgan fingerprint density at radius 1 is 1.67 bits per heavy atom. The van der Waals surface area contributed by atoms with Gasteiger partial charge in [-0.1, -0.05) is 6.04 Å². The molecule has 0 saturated carbocycles. The molecule has 0 aromatic heterocycles. The van der Waals surface area contributed by atoms with Gasteiger partial charge in [-0.2, -0.15) is 0 Å². The number of rotatable bonds is 2. The topological polar surface area (TPSA) is 26.0 Å². The van der Waals surface area contributed by atoms with Crippen LogP contribution in [0.2, 0.25) is 6.04 Å². The summed E-state index contributed by atoms with van der Waals surface area (Å²) in [4.78, 5) is 0. The number of hydrogen-bond donors (Lipinski definition) is 1. The lowest BCUT2D eigenvalue weighted by Crippen LogP contribution is -2.18. The monoisotopic (exact) mass is 119 g/mol. The summed E-state index contributed by atoms with van der Waals surface area (Å²) in [7, 11) is 2.51. The average molecular weight is 119 g/mol. The fraction of sp³-hybridized carbons (Fsp3) is 1.00. The van der Waals surface area contributed by atoms with Gasteiger partial charge in [-0.05, 0) is 12.1 Å². The van der Waals surface area contributed by atoms with Gasteiger partial charge in [-0.3, -0.25) is 0 Å². The quantitative estimate of drug-likeness (QED) is 0.411. The van der Waals surface area contributed by atoms with Crippen molar-refractivity contribution >= 4 is 20.5 Å². The molecule has 0 aromatic carbocycles. The van der Waals surface area contributed by atoms with E-state index in [4.69, 9.17) is 5.73 Å². The molecule has 0 rings (SSSR count). The standard InChI is InChI=1S/C3H13NSi2/c4-3(6)1-2-5/h3H,1-2,4H2,5-6H3. The SMILES string of the molecule is NC([SiH3])CC[SiH3]. The van der Waals surface area contributed by atoms with Gasteiger partial charge in [0, 0.05) is 20.5 Å². The Morgan fingerprint density at radius 2 is 2.17 bits per heavy atom. The van der Waals surface area contributed by atoms with E-state index in [1.807, 2.05) is 0 Å². The molecule has 1 nitrogen and oxygen atoms in total. The zero-order valence-electron chi connectivity index (χ0n) is 4.57.